The Morgan fingerprint density at radius 1 is 1.47 bits per heavy atom. The fourth-order valence-corrected chi connectivity index (χ4v) is 5.98. The molecule has 1 fully saturated rings. The molecule has 30 heavy (non-hydrogen) atoms. The average Bonchev–Trinajstić information content (AvgIpc) is 3.31. The minimum Gasteiger partial charge on any atom is -0.477 e. The molecule has 2 aromatic heterocycles. The Labute approximate surface area is 182 Å². The number of nitrogens with one attached hydrogen (secondary N) is 1. The number of β-lactam (4-membered cyclic amide) rings is 1. The van der Waals surface area contributed by atoms with Crippen molar-refractivity contribution >= 4 is 57.8 Å². The lowest BCUT2D eigenvalue weighted by atomic mass is 10.0. The van der Waals surface area contributed by atoms with E-state index in [0.717, 1.165) is 0 Å². The summed E-state index contributed by atoms with van der Waals surface area (Å²) in [5.41, 5.74) is 6.65. The number of nitrogen functional groups attached to an aromatic ring is 1. The molecule has 1 saturated heterocycles. The zero-order valence-electron chi connectivity index (χ0n) is 15.5. The van der Waals surface area contributed by atoms with Crippen molar-refractivity contribution in [2.75, 3.05) is 17.2 Å². The number of fused-ring (bicyclic) bond motifs is 1. The fourth-order valence-electron chi connectivity index (χ4n) is 3.08. The second kappa shape index (κ2) is 8.23. The van der Waals surface area contributed by atoms with Gasteiger partial charge in [0, 0.05) is 23.9 Å². The Balaban J connectivity index is 1.44. The van der Waals surface area contributed by atoms with Gasteiger partial charge >= 0.3 is 5.97 Å². The van der Waals surface area contributed by atoms with E-state index < -0.39 is 23.3 Å². The third kappa shape index (κ3) is 3.87. The van der Waals surface area contributed by atoms with E-state index in [1.165, 1.54) is 44.4 Å². The van der Waals surface area contributed by atoms with Crippen LogP contribution < -0.4 is 11.1 Å². The molecule has 15 heteroatoms. The Morgan fingerprint density at radius 3 is 2.90 bits per heavy atom. The normalized spacial score (nSPS) is 20.7. The zero-order valence-corrected chi connectivity index (χ0v) is 18.0. The van der Waals surface area contributed by atoms with Crippen molar-refractivity contribution in [3.8, 4) is 0 Å². The molecule has 2 aliphatic heterocycles. The Kier molecular flexibility index (Phi) is 5.66. The Morgan fingerprint density at radius 2 is 2.27 bits per heavy atom. The lowest BCUT2D eigenvalue weighted by Crippen LogP contribution is -2.70. The summed E-state index contributed by atoms with van der Waals surface area (Å²) in [5.74, 6) is -1.23. The van der Waals surface area contributed by atoms with E-state index in [4.69, 9.17) is 5.73 Å². The number of carbonyl (C=O) groups excluding carboxylic acids is 2. The Bertz CT molecular complexity index is 1050. The average molecular weight is 469 g/mol. The van der Waals surface area contributed by atoms with Gasteiger partial charge in [-0.3, -0.25) is 14.5 Å². The van der Waals surface area contributed by atoms with Gasteiger partial charge in [0.05, 0.1) is 12.1 Å². The number of anilines is 1. The number of nitrogens with zero attached hydrogens (tertiary/aromatic N) is 6. The number of carboxylic acid groups (broad SMARTS) is 1. The molecule has 2 aromatic rings. The third-order valence-electron chi connectivity index (χ3n) is 4.43. The number of carboxylic acids is 1. The molecule has 0 aliphatic carbocycles. The van der Waals surface area contributed by atoms with E-state index in [2.05, 4.69) is 25.8 Å². The van der Waals surface area contributed by atoms with E-state index in [9.17, 15) is 19.5 Å². The number of aliphatic carboxylic acids is 1. The van der Waals surface area contributed by atoms with E-state index in [-0.39, 0.29) is 18.0 Å². The summed E-state index contributed by atoms with van der Waals surface area (Å²) in [5, 5.41) is 25.7. The van der Waals surface area contributed by atoms with Crippen LogP contribution >= 0.6 is 34.9 Å². The lowest BCUT2D eigenvalue weighted by molar-refractivity contribution is -0.150. The number of thiazole rings is 1. The standard InChI is InChI=1S/C15H16N8O4S3/c1-22-15(19-20-21-22)30-4-6-3-28-12-9(11(25)23(12)10(6)13(26)27)18-8(24)2-7-5-29-14(16)17-7/h5,9,12H,2-4H2,1H3,(H2,16,17)(H,18,24)(H,26,27)/t9-,12-/m1/s1. The molecule has 0 radical (unpaired) electrons. The van der Waals surface area contributed by atoms with Crippen molar-refractivity contribution in [3.05, 3.63) is 22.3 Å². The smallest absolute Gasteiger partial charge is 0.352 e. The number of rotatable bonds is 7. The highest BCUT2D eigenvalue weighted by molar-refractivity contribution is 8.01. The van der Waals surface area contributed by atoms with Gasteiger partial charge in [-0.15, -0.1) is 28.2 Å². The first-order chi connectivity index (χ1) is 14.3. The van der Waals surface area contributed by atoms with Gasteiger partial charge in [0.15, 0.2) is 5.13 Å². The number of nitrogens with two attached hydrogens (primary N) is 1. The first kappa shape index (κ1) is 20.6. The molecule has 2 aliphatic rings. The predicted molar refractivity (Wildman–Crippen MR) is 109 cm³/mol. The number of tetrazole rings is 1. The summed E-state index contributed by atoms with van der Waals surface area (Å²) in [6, 6.07) is -0.773. The summed E-state index contributed by atoms with van der Waals surface area (Å²) in [7, 11) is 1.69. The maximum Gasteiger partial charge on any atom is 0.352 e. The molecule has 0 aromatic carbocycles. The van der Waals surface area contributed by atoms with Crippen LogP contribution in [0.1, 0.15) is 5.69 Å². The molecule has 4 N–H and O–H groups in total. The van der Waals surface area contributed by atoms with E-state index >= 15 is 0 Å². The second-order valence-corrected chi connectivity index (χ2v) is 9.38. The highest BCUT2D eigenvalue weighted by Crippen LogP contribution is 2.41. The van der Waals surface area contributed by atoms with Gasteiger partial charge in [-0.2, -0.15) is 0 Å². The van der Waals surface area contributed by atoms with E-state index in [1.54, 1.807) is 12.4 Å². The van der Waals surface area contributed by atoms with Crippen molar-refractivity contribution in [3.63, 3.8) is 0 Å². The van der Waals surface area contributed by atoms with Gasteiger partial charge in [0.1, 0.15) is 17.1 Å². The molecular formula is C15H16N8O4S3. The summed E-state index contributed by atoms with van der Waals surface area (Å²) in [4.78, 5) is 42.1. The topological polar surface area (TPSA) is 169 Å². The SMILES string of the molecule is Cn1nnnc1SCC1=C(C(=O)O)N2C(=O)[C@@H](NC(=O)Cc3csc(N)n3)[C@H]2SC1. The molecule has 12 nitrogen and oxygen atoms in total. The number of carbonyl (C=O) groups is 3. The van der Waals surface area contributed by atoms with Gasteiger partial charge in [0.25, 0.3) is 5.91 Å². The van der Waals surface area contributed by atoms with E-state index in [0.29, 0.717) is 33.1 Å². The van der Waals surface area contributed by atoms with Crippen LogP contribution in [0.3, 0.4) is 0 Å². The van der Waals surface area contributed by atoms with Crippen LogP contribution in [-0.2, 0) is 27.9 Å². The van der Waals surface area contributed by atoms with Crippen LogP contribution in [-0.4, -0.2) is 75.9 Å². The summed E-state index contributed by atoms with van der Waals surface area (Å²) in [6.07, 6.45) is 0.00409. The molecule has 2 amide bonds. The van der Waals surface area contributed by atoms with Gasteiger partial charge in [-0.05, 0) is 16.0 Å². The van der Waals surface area contributed by atoms with Crippen molar-refractivity contribution in [2.45, 2.75) is 23.0 Å². The van der Waals surface area contributed by atoms with Gasteiger partial charge in [0.2, 0.25) is 11.1 Å². The minimum absolute atomic E-state index is 0.00409. The molecule has 0 saturated carbocycles. The van der Waals surface area contributed by atoms with Gasteiger partial charge < -0.3 is 16.2 Å². The maximum atomic E-state index is 12.7. The fraction of sp³-hybridized carbons (Fsp3) is 0.400. The van der Waals surface area contributed by atoms with Gasteiger partial charge in [-0.1, -0.05) is 11.8 Å². The first-order valence-corrected chi connectivity index (χ1v) is 11.5. The summed E-state index contributed by atoms with van der Waals surface area (Å²) >= 11 is 3.94. The van der Waals surface area contributed by atoms with Crippen molar-refractivity contribution in [1.82, 2.24) is 35.4 Å². The monoisotopic (exact) mass is 468 g/mol. The molecule has 0 unspecified atom stereocenters. The van der Waals surface area contributed by atoms with Crippen LogP contribution in [0.2, 0.25) is 0 Å². The highest BCUT2D eigenvalue weighted by Gasteiger charge is 2.54. The number of aromatic nitrogens is 5. The first-order valence-electron chi connectivity index (χ1n) is 8.59. The van der Waals surface area contributed by atoms with Crippen LogP contribution in [0.15, 0.2) is 21.8 Å². The number of aryl methyl sites for hydroxylation is 1. The van der Waals surface area contributed by atoms with Crippen molar-refractivity contribution in [1.29, 1.82) is 0 Å². The molecular weight excluding hydrogens is 452 g/mol. The van der Waals surface area contributed by atoms with E-state index in [1.807, 2.05) is 0 Å². The summed E-state index contributed by atoms with van der Waals surface area (Å²) in [6.45, 7) is 0. The molecule has 2 atom stereocenters. The highest BCUT2D eigenvalue weighted by atomic mass is 32.2. The molecule has 158 valence electrons. The zero-order chi connectivity index (χ0) is 21.4. The third-order valence-corrected chi connectivity index (χ3v) is 7.59. The lowest BCUT2D eigenvalue weighted by Gasteiger charge is -2.49. The molecule has 0 bridgehead atoms. The molecule has 0 spiro atoms. The van der Waals surface area contributed by atoms with Crippen LogP contribution in [0.25, 0.3) is 0 Å². The number of hydrogen-bond acceptors (Lipinski definition) is 11. The van der Waals surface area contributed by atoms with Gasteiger partial charge in [-0.25, -0.2) is 14.5 Å². The molecule has 4 rings (SSSR count). The largest absolute Gasteiger partial charge is 0.477 e. The second-order valence-electron chi connectivity index (χ2n) is 6.44. The van der Waals surface area contributed by atoms with Crippen LogP contribution in [0, 0.1) is 0 Å². The predicted octanol–water partition coefficient (Wildman–Crippen LogP) is -0.678. The van der Waals surface area contributed by atoms with Crippen molar-refractivity contribution < 1.29 is 19.5 Å². The molecule has 4 heterocycles. The number of hydrogen-bond donors (Lipinski definition) is 3. The number of thioether (sulfide) groups is 2. The van der Waals surface area contributed by atoms with Crippen LogP contribution in [0.4, 0.5) is 5.13 Å². The van der Waals surface area contributed by atoms with Crippen molar-refractivity contribution in [2.24, 2.45) is 7.05 Å². The minimum atomic E-state index is -1.18. The number of amides is 2. The van der Waals surface area contributed by atoms with Crippen LogP contribution in [0.5, 0.6) is 0 Å². The Hall–Kier alpha value is -2.65. The maximum absolute atomic E-state index is 12.7. The quantitative estimate of drug-likeness (QED) is 0.348. The summed E-state index contributed by atoms with van der Waals surface area (Å²) < 4.78 is 1.49.